The van der Waals surface area contributed by atoms with Crippen molar-refractivity contribution in [2.24, 2.45) is 11.1 Å². The highest BCUT2D eigenvalue weighted by Gasteiger charge is 2.41. The minimum atomic E-state index is -0.674. The summed E-state index contributed by atoms with van der Waals surface area (Å²) in [6.07, 6.45) is 2.81. The van der Waals surface area contributed by atoms with E-state index >= 15 is 0 Å². The van der Waals surface area contributed by atoms with Crippen molar-refractivity contribution in [3.63, 3.8) is 0 Å². The summed E-state index contributed by atoms with van der Waals surface area (Å²) in [5.74, 6) is -0.376. The molecule has 4 atom stereocenters. The molecule has 2 aromatic carbocycles. The summed E-state index contributed by atoms with van der Waals surface area (Å²) in [5.41, 5.74) is 8.16. The smallest absolute Gasteiger partial charge is 0.246 e. The molecule has 1 fully saturated rings. The Morgan fingerprint density at radius 2 is 1.59 bits per heavy atom. The lowest BCUT2D eigenvalue weighted by Crippen LogP contribution is -2.59. The summed E-state index contributed by atoms with van der Waals surface area (Å²) in [6.45, 7) is 9.28. The highest BCUT2D eigenvalue weighted by Crippen LogP contribution is 2.27. The molecule has 1 aliphatic heterocycles. The Labute approximate surface area is 246 Å². The molecule has 0 aromatic heterocycles. The molecule has 8 heteroatoms. The average molecular weight is 564 g/mol. The van der Waals surface area contributed by atoms with Gasteiger partial charge in [-0.3, -0.25) is 19.3 Å². The van der Waals surface area contributed by atoms with E-state index in [4.69, 9.17) is 5.73 Å². The fraction of sp³-hybridized carbons (Fsp3) is 0.545. The van der Waals surface area contributed by atoms with E-state index in [1.54, 1.807) is 0 Å². The number of amides is 3. The number of rotatable bonds is 12. The molecule has 0 aliphatic carbocycles. The maximum absolute atomic E-state index is 14.0. The van der Waals surface area contributed by atoms with Gasteiger partial charge in [0, 0.05) is 25.7 Å². The molecule has 41 heavy (non-hydrogen) atoms. The second-order valence-electron chi connectivity index (χ2n) is 12.6. The first kappa shape index (κ1) is 32.3. The van der Waals surface area contributed by atoms with E-state index in [-0.39, 0.29) is 29.8 Å². The maximum atomic E-state index is 14.0. The minimum absolute atomic E-state index is 0.0941. The Bertz CT molecular complexity index is 1130. The monoisotopic (exact) mass is 563 g/mol. The molecule has 0 radical (unpaired) electrons. The molecule has 1 aliphatic rings. The highest BCUT2D eigenvalue weighted by molar-refractivity contribution is 5.90. The normalized spacial score (nSPS) is 17.7. The third-order valence-electron chi connectivity index (χ3n) is 8.09. The van der Waals surface area contributed by atoms with E-state index in [1.165, 1.54) is 0 Å². The van der Waals surface area contributed by atoms with E-state index in [2.05, 4.69) is 17.4 Å². The molecule has 3 amide bonds. The summed E-state index contributed by atoms with van der Waals surface area (Å²) in [7, 11) is 3.69. The van der Waals surface area contributed by atoms with Crippen molar-refractivity contribution in [2.45, 2.75) is 77.5 Å². The zero-order valence-corrected chi connectivity index (χ0v) is 25.7. The van der Waals surface area contributed by atoms with Crippen molar-refractivity contribution in [1.82, 2.24) is 20.0 Å². The Hall–Kier alpha value is -3.23. The summed E-state index contributed by atoms with van der Waals surface area (Å²) >= 11 is 0. The topological polar surface area (TPSA) is 99.0 Å². The number of nitrogens with one attached hydrogen (secondary N) is 1. The number of hydrogen-bond donors (Lipinski definition) is 2. The van der Waals surface area contributed by atoms with Crippen LogP contribution >= 0.6 is 0 Å². The van der Waals surface area contributed by atoms with E-state index in [0.29, 0.717) is 32.5 Å². The SMILES string of the molecule is C[C@@H](C(=O)N[C@H](C(=O)N1CCC[C@H]1CN(CCc1ccccc1)C(=O)[C@H](N)Cc1ccccc1)C(C)(C)C)N(C)C. The van der Waals surface area contributed by atoms with Gasteiger partial charge in [-0.25, -0.2) is 0 Å². The maximum Gasteiger partial charge on any atom is 0.246 e. The molecule has 1 saturated heterocycles. The number of carbonyl (C=O) groups excluding carboxylic acids is 3. The number of hydrogen-bond acceptors (Lipinski definition) is 5. The molecule has 0 unspecified atom stereocenters. The van der Waals surface area contributed by atoms with Gasteiger partial charge in [-0.2, -0.15) is 0 Å². The molecule has 3 rings (SSSR count). The number of likely N-dealkylation sites (tertiary alicyclic amines) is 1. The van der Waals surface area contributed by atoms with Crippen LogP contribution in [0.4, 0.5) is 0 Å². The Kier molecular flexibility index (Phi) is 11.5. The number of nitrogens with zero attached hydrogens (tertiary/aromatic N) is 3. The molecule has 0 bridgehead atoms. The van der Waals surface area contributed by atoms with Crippen molar-refractivity contribution in [1.29, 1.82) is 0 Å². The van der Waals surface area contributed by atoms with Crippen LogP contribution in [0, 0.1) is 5.41 Å². The third kappa shape index (κ3) is 9.13. The first-order valence-electron chi connectivity index (χ1n) is 14.8. The lowest BCUT2D eigenvalue weighted by atomic mass is 9.85. The van der Waals surface area contributed by atoms with Crippen molar-refractivity contribution in [3.8, 4) is 0 Å². The predicted octanol–water partition coefficient (Wildman–Crippen LogP) is 3.10. The first-order chi connectivity index (χ1) is 19.4. The van der Waals surface area contributed by atoms with Crippen LogP contribution in [0.5, 0.6) is 0 Å². The van der Waals surface area contributed by atoms with E-state index in [9.17, 15) is 14.4 Å². The average Bonchev–Trinajstić information content (AvgIpc) is 3.41. The number of nitrogens with two attached hydrogens (primary N) is 1. The summed E-state index contributed by atoms with van der Waals surface area (Å²) in [5, 5.41) is 3.03. The van der Waals surface area contributed by atoms with Crippen molar-refractivity contribution < 1.29 is 14.4 Å². The van der Waals surface area contributed by atoms with Crippen molar-refractivity contribution in [3.05, 3.63) is 71.8 Å². The van der Waals surface area contributed by atoms with Crippen LogP contribution in [-0.2, 0) is 27.2 Å². The molecule has 1 heterocycles. The van der Waals surface area contributed by atoms with Gasteiger partial charge in [0.2, 0.25) is 17.7 Å². The van der Waals surface area contributed by atoms with Crippen LogP contribution in [0.2, 0.25) is 0 Å². The van der Waals surface area contributed by atoms with Gasteiger partial charge in [0.1, 0.15) is 6.04 Å². The highest BCUT2D eigenvalue weighted by atomic mass is 16.2. The molecular formula is C33H49N5O3. The minimum Gasteiger partial charge on any atom is -0.342 e. The summed E-state index contributed by atoms with van der Waals surface area (Å²) < 4.78 is 0. The standard InChI is InChI=1S/C33H49N5O3/c1-24(36(5)6)30(39)35-29(33(2,3)4)32(41)38-20-13-18-27(38)23-37(21-19-25-14-9-7-10-15-25)31(40)28(34)22-26-16-11-8-12-17-26/h7-12,14-17,24,27-29H,13,18-23,34H2,1-6H3,(H,35,39)/t24-,27-,28+,29+/m0/s1. The Balaban J connectivity index is 1.79. The molecule has 0 saturated carbocycles. The Morgan fingerprint density at radius 1 is 1.00 bits per heavy atom. The fourth-order valence-corrected chi connectivity index (χ4v) is 5.27. The van der Waals surface area contributed by atoms with E-state index in [1.807, 2.05) is 105 Å². The van der Waals surface area contributed by atoms with Crippen molar-refractivity contribution >= 4 is 17.7 Å². The summed E-state index contributed by atoms with van der Waals surface area (Å²) in [6, 6.07) is 18.1. The molecule has 3 N–H and O–H groups in total. The van der Waals surface area contributed by atoms with Gasteiger partial charge in [-0.15, -0.1) is 0 Å². The second-order valence-corrected chi connectivity index (χ2v) is 12.6. The van der Waals surface area contributed by atoms with Crippen LogP contribution in [0.15, 0.2) is 60.7 Å². The molecular weight excluding hydrogens is 514 g/mol. The van der Waals surface area contributed by atoms with E-state index < -0.39 is 17.5 Å². The lowest BCUT2D eigenvalue weighted by molar-refractivity contribution is -0.142. The lowest BCUT2D eigenvalue weighted by Gasteiger charge is -2.38. The summed E-state index contributed by atoms with van der Waals surface area (Å²) in [4.78, 5) is 46.3. The largest absolute Gasteiger partial charge is 0.342 e. The van der Waals surface area contributed by atoms with E-state index in [0.717, 1.165) is 24.0 Å². The molecule has 2 aromatic rings. The van der Waals surface area contributed by atoms with Gasteiger partial charge in [-0.05, 0) is 63.2 Å². The van der Waals surface area contributed by atoms with Crippen LogP contribution < -0.4 is 11.1 Å². The van der Waals surface area contributed by atoms with Crippen LogP contribution in [0.3, 0.4) is 0 Å². The van der Waals surface area contributed by atoms with Gasteiger partial charge in [0.15, 0.2) is 0 Å². The molecule has 8 nitrogen and oxygen atoms in total. The van der Waals surface area contributed by atoms with Gasteiger partial charge in [0.25, 0.3) is 0 Å². The fourth-order valence-electron chi connectivity index (χ4n) is 5.27. The van der Waals surface area contributed by atoms with Gasteiger partial charge < -0.3 is 20.9 Å². The van der Waals surface area contributed by atoms with Crippen molar-refractivity contribution in [2.75, 3.05) is 33.7 Å². The predicted molar refractivity (Wildman–Crippen MR) is 164 cm³/mol. The van der Waals surface area contributed by atoms with Crippen LogP contribution in [0.1, 0.15) is 51.7 Å². The number of likely N-dealkylation sites (N-methyl/N-ethyl adjacent to an activating group) is 1. The number of benzene rings is 2. The zero-order chi connectivity index (χ0) is 30.2. The van der Waals surface area contributed by atoms with Gasteiger partial charge >= 0.3 is 0 Å². The second kappa shape index (κ2) is 14.6. The van der Waals surface area contributed by atoms with Crippen LogP contribution in [-0.4, -0.2) is 90.3 Å². The third-order valence-corrected chi connectivity index (χ3v) is 8.09. The first-order valence-corrected chi connectivity index (χ1v) is 14.8. The molecule has 224 valence electrons. The quantitative estimate of drug-likeness (QED) is 0.414. The zero-order valence-electron chi connectivity index (χ0n) is 25.7. The van der Waals surface area contributed by atoms with Crippen LogP contribution in [0.25, 0.3) is 0 Å². The number of carbonyl (C=O) groups is 3. The molecule has 0 spiro atoms. The van der Waals surface area contributed by atoms with Gasteiger partial charge in [0.05, 0.1) is 12.1 Å². The Morgan fingerprint density at radius 3 is 2.15 bits per heavy atom. The van der Waals surface area contributed by atoms with Gasteiger partial charge in [-0.1, -0.05) is 81.4 Å².